The van der Waals surface area contributed by atoms with Crippen LogP contribution in [0.5, 0.6) is 5.75 Å². The third-order valence-corrected chi connectivity index (χ3v) is 6.11. The largest absolute Gasteiger partial charge is 0.487 e. The number of oxime groups is 1. The number of carbonyl (C=O) groups is 1. The Balaban J connectivity index is 1.44. The first kappa shape index (κ1) is 23.5. The van der Waals surface area contributed by atoms with Crippen molar-refractivity contribution in [2.75, 3.05) is 0 Å². The molecule has 1 saturated carbocycles. The fraction of sp³-hybridized carbons (Fsp3) is 0.321. The third kappa shape index (κ3) is 6.44. The first-order chi connectivity index (χ1) is 16.6. The summed E-state index contributed by atoms with van der Waals surface area (Å²) in [6, 6.07) is 20.1. The van der Waals surface area contributed by atoms with E-state index in [-0.39, 0.29) is 6.10 Å². The number of hydrogen-bond donors (Lipinski definition) is 1. The van der Waals surface area contributed by atoms with Crippen LogP contribution in [0.15, 0.2) is 78.0 Å². The maximum absolute atomic E-state index is 10.7. The molecule has 0 amide bonds. The van der Waals surface area contributed by atoms with Crippen molar-refractivity contribution >= 4 is 22.6 Å². The Labute approximate surface area is 199 Å². The van der Waals surface area contributed by atoms with E-state index < -0.39 is 5.97 Å². The van der Waals surface area contributed by atoms with Crippen LogP contribution in [-0.4, -0.2) is 21.8 Å². The first-order valence-corrected chi connectivity index (χ1v) is 11.8. The standard InChI is InChI=1S/C28H30N2O4/c1-20(11-18-27(31)32)30-34-28(22-8-3-2-4-9-22)23-13-16-25(17-14-23)33-19-24-15-12-21-7-5-6-10-26(21)29-24/h5-7,10-18,22,28H,2-4,8-9,19H2,1H3,(H,31,32)/b18-11+,30-20+. The molecule has 0 spiro atoms. The van der Waals surface area contributed by atoms with Gasteiger partial charge in [0.05, 0.1) is 16.9 Å². The molecular weight excluding hydrogens is 428 g/mol. The number of fused-ring (bicyclic) bond motifs is 1. The van der Waals surface area contributed by atoms with Gasteiger partial charge in [-0.2, -0.15) is 0 Å². The molecule has 1 N–H and O–H groups in total. The molecule has 2 aromatic carbocycles. The van der Waals surface area contributed by atoms with Crippen molar-refractivity contribution in [3.05, 3.63) is 84.1 Å². The molecule has 4 rings (SSSR count). The quantitative estimate of drug-likeness (QED) is 0.226. The Bertz CT molecular complexity index is 1160. The smallest absolute Gasteiger partial charge is 0.328 e. The number of rotatable bonds is 9. The Morgan fingerprint density at radius 2 is 1.82 bits per heavy atom. The van der Waals surface area contributed by atoms with Gasteiger partial charge in [-0.25, -0.2) is 9.78 Å². The minimum absolute atomic E-state index is 0.176. The number of aromatic nitrogens is 1. The lowest BCUT2D eigenvalue weighted by atomic mass is 9.83. The van der Waals surface area contributed by atoms with Gasteiger partial charge in [-0.15, -0.1) is 0 Å². The van der Waals surface area contributed by atoms with Crippen molar-refractivity contribution in [2.45, 2.75) is 51.7 Å². The molecule has 1 fully saturated rings. The summed E-state index contributed by atoms with van der Waals surface area (Å²) >= 11 is 0. The molecule has 1 aromatic heterocycles. The summed E-state index contributed by atoms with van der Waals surface area (Å²) in [4.78, 5) is 21.4. The van der Waals surface area contributed by atoms with E-state index in [1.54, 1.807) is 6.92 Å². The number of benzene rings is 2. The topological polar surface area (TPSA) is 81.0 Å². The minimum atomic E-state index is -1.01. The lowest BCUT2D eigenvalue weighted by molar-refractivity contribution is -0.131. The van der Waals surface area contributed by atoms with Crippen molar-refractivity contribution in [1.29, 1.82) is 0 Å². The second-order valence-electron chi connectivity index (χ2n) is 8.68. The van der Waals surface area contributed by atoms with Gasteiger partial charge < -0.3 is 14.7 Å². The Kier molecular flexibility index (Phi) is 7.91. The van der Waals surface area contributed by atoms with Crippen LogP contribution >= 0.6 is 0 Å². The van der Waals surface area contributed by atoms with Gasteiger partial charge >= 0.3 is 5.97 Å². The van der Waals surface area contributed by atoms with Gasteiger partial charge in [-0.1, -0.05) is 60.8 Å². The fourth-order valence-corrected chi connectivity index (χ4v) is 4.32. The lowest BCUT2D eigenvalue weighted by Crippen LogP contribution is -2.18. The summed E-state index contributed by atoms with van der Waals surface area (Å²) in [5.74, 6) is 0.139. The van der Waals surface area contributed by atoms with E-state index in [1.807, 2.05) is 54.6 Å². The Hall–Kier alpha value is -3.67. The van der Waals surface area contributed by atoms with Crippen LogP contribution < -0.4 is 4.74 Å². The second-order valence-corrected chi connectivity index (χ2v) is 8.68. The molecule has 1 aliphatic rings. The van der Waals surface area contributed by atoms with Gasteiger partial charge in [0.2, 0.25) is 0 Å². The van der Waals surface area contributed by atoms with E-state index in [4.69, 9.17) is 14.7 Å². The van der Waals surface area contributed by atoms with E-state index in [9.17, 15) is 4.79 Å². The molecule has 1 unspecified atom stereocenters. The molecule has 0 aliphatic heterocycles. The molecule has 34 heavy (non-hydrogen) atoms. The molecule has 6 nitrogen and oxygen atoms in total. The van der Waals surface area contributed by atoms with Crippen LogP contribution in [-0.2, 0) is 16.2 Å². The summed E-state index contributed by atoms with van der Waals surface area (Å²) in [5.41, 5.74) is 3.40. The van der Waals surface area contributed by atoms with Crippen molar-refractivity contribution in [2.24, 2.45) is 11.1 Å². The molecule has 0 radical (unpaired) electrons. The van der Waals surface area contributed by atoms with E-state index in [2.05, 4.69) is 16.2 Å². The molecule has 0 saturated heterocycles. The summed E-state index contributed by atoms with van der Waals surface area (Å²) in [6.45, 7) is 2.13. The molecule has 176 valence electrons. The molecule has 1 aliphatic carbocycles. The number of hydrogen-bond acceptors (Lipinski definition) is 5. The number of aliphatic carboxylic acids is 1. The average molecular weight is 459 g/mol. The summed E-state index contributed by atoms with van der Waals surface area (Å²) in [6.07, 6.45) is 8.14. The zero-order valence-corrected chi connectivity index (χ0v) is 19.4. The number of para-hydroxylation sites is 1. The number of pyridine rings is 1. The van der Waals surface area contributed by atoms with Gasteiger partial charge in [0, 0.05) is 17.4 Å². The number of carboxylic acid groups (broad SMARTS) is 1. The second kappa shape index (κ2) is 11.5. The Morgan fingerprint density at radius 1 is 1.06 bits per heavy atom. The van der Waals surface area contributed by atoms with E-state index in [1.165, 1.54) is 25.3 Å². The van der Waals surface area contributed by atoms with Crippen LogP contribution in [0.25, 0.3) is 10.9 Å². The number of ether oxygens (including phenoxy) is 1. The summed E-state index contributed by atoms with van der Waals surface area (Å²) in [5, 5.41) is 14.1. The van der Waals surface area contributed by atoms with E-state index >= 15 is 0 Å². The number of carboxylic acids is 1. The molecule has 1 atom stereocenters. The minimum Gasteiger partial charge on any atom is -0.487 e. The fourth-order valence-electron chi connectivity index (χ4n) is 4.32. The highest BCUT2D eigenvalue weighted by Crippen LogP contribution is 2.37. The lowest BCUT2D eigenvalue weighted by Gasteiger charge is -2.29. The van der Waals surface area contributed by atoms with Crippen LogP contribution in [0, 0.1) is 5.92 Å². The molecular formula is C28H30N2O4. The van der Waals surface area contributed by atoms with Crippen LogP contribution in [0.4, 0.5) is 0 Å². The molecule has 1 heterocycles. The van der Waals surface area contributed by atoms with Gasteiger partial charge in [-0.05, 0) is 55.7 Å². The zero-order valence-electron chi connectivity index (χ0n) is 19.4. The highest BCUT2D eigenvalue weighted by atomic mass is 16.6. The predicted octanol–water partition coefficient (Wildman–Crippen LogP) is 6.47. The highest BCUT2D eigenvalue weighted by Gasteiger charge is 2.27. The van der Waals surface area contributed by atoms with Crippen molar-refractivity contribution < 1.29 is 19.5 Å². The Morgan fingerprint density at radius 3 is 2.59 bits per heavy atom. The first-order valence-electron chi connectivity index (χ1n) is 11.8. The van der Waals surface area contributed by atoms with Gasteiger partial charge in [0.1, 0.15) is 12.4 Å². The molecule has 3 aromatic rings. The number of nitrogens with zero attached hydrogens (tertiary/aromatic N) is 2. The predicted molar refractivity (Wildman–Crippen MR) is 133 cm³/mol. The van der Waals surface area contributed by atoms with Gasteiger partial charge in [0.15, 0.2) is 6.10 Å². The van der Waals surface area contributed by atoms with Crippen LogP contribution in [0.3, 0.4) is 0 Å². The van der Waals surface area contributed by atoms with Crippen molar-refractivity contribution in [1.82, 2.24) is 4.98 Å². The van der Waals surface area contributed by atoms with Gasteiger partial charge in [0.25, 0.3) is 0 Å². The SMILES string of the molecule is CC(/C=C/C(=O)O)=N\OC(c1ccc(OCc2ccc3ccccc3n2)cc1)C1CCCCC1. The highest BCUT2D eigenvalue weighted by molar-refractivity contribution is 5.97. The normalized spacial score (nSPS) is 16.0. The molecule has 6 heteroatoms. The van der Waals surface area contributed by atoms with Crippen LogP contribution in [0.2, 0.25) is 0 Å². The van der Waals surface area contributed by atoms with Crippen molar-refractivity contribution in [3.63, 3.8) is 0 Å². The van der Waals surface area contributed by atoms with Gasteiger partial charge in [-0.3, -0.25) is 0 Å². The average Bonchev–Trinajstić information content (AvgIpc) is 2.87. The third-order valence-electron chi connectivity index (χ3n) is 6.11. The number of allylic oxidation sites excluding steroid dienone is 1. The summed E-state index contributed by atoms with van der Waals surface area (Å²) < 4.78 is 5.98. The van der Waals surface area contributed by atoms with E-state index in [0.29, 0.717) is 18.2 Å². The monoisotopic (exact) mass is 458 g/mol. The molecule has 0 bridgehead atoms. The van der Waals surface area contributed by atoms with Crippen LogP contribution in [0.1, 0.15) is 56.4 Å². The van der Waals surface area contributed by atoms with E-state index in [0.717, 1.165) is 46.8 Å². The van der Waals surface area contributed by atoms with Crippen molar-refractivity contribution in [3.8, 4) is 5.75 Å². The maximum Gasteiger partial charge on any atom is 0.328 e. The summed E-state index contributed by atoms with van der Waals surface area (Å²) in [7, 11) is 0. The zero-order chi connectivity index (χ0) is 23.8. The maximum atomic E-state index is 10.7.